The Labute approximate surface area is 246 Å². The van der Waals surface area contributed by atoms with E-state index in [0.29, 0.717) is 56.2 Å². The molecule has 4 aliphatic rings. The number of benzene rings is 2. The zero-order valence-electron chi connectivity index (χ0n) is 23.1. The van der Waals surface area contributed by atoms with Crippen LogP contribution in [0.25, 0.3) is 0 Å². The summed E-state index contributed by atoms with van der Waals surface area (Å²) in [6.07, 6.45) is 6.28. The molecule has 1 spiro atoms. The lowest BCUT2D eigenvalue weighted by Crippen LogP contribution is -2.52. The van der Waals surface area contributed by atoms with Gasteiger partial charge in [-0.15, -0.1) is 0 Å². The molecule has 8 nitrogen and oxygen atoms in total. The number of nitriles is 1. The maximum Gasteiger partial charge on any atom is 0.264 e. The summed E-state index contributed by atoms with van der Waals surface area (Å²) in [5.74, 6) is -0.285. The number of nitrogens with zero attached hydrogens (tertiary/aromatic N) is 2. The van der Waals surface area contributed by atoms with Gasteiger partial charge in [-0.2, -0.15) is 5.26 Å². The third-order valence-corrected chi connectivity index (χ3v) is 11.3. The van der Waals surface area contributed by atoms with E-state index in [1.165, 1.54) is 11.1 Å². The van der Waals surface area contributed by atoms with Gasteiger partial charge >= 0.3 is 0 Å². The van der Waals surface area contributed by atoms with Crippen LogP contribution in [-0.4, -0.2) is 50.5 Å². The van der Waals surface area contributed by atoms with Crippen LogP contribution in [0.1, 0.15) is 72.9 Å². The second-order valence-electron chi connectivity index (χ2n) is 12.3. The summed E-state index contributed by atoms with van der Waals surface area (Å²) < 4.78 is 34.1. The Bertz CT molecular complexity index is 1510. The van der Waals surface area contributed by atoms with Crippen molar-refractivity contribution in [2.75, 3.05) is 30.3 Å². The number of aryl methyl sites for hydroxylation is 1. The second-order valence-corrected chi connectivity index (χ2v) is 14.6. The summed E-state index contributed by atoms with van der Waals surface area (Å²) >= 11 is 6.37. The number of carbonyl (C=O) groups excluding carboxylic acids is 1. The predicted molar refractivity (Wildman–Crippen MR) is 157 cm³/mol. The highest BCUT2D eigenvalue weighted by molar-refractivity contribution is 7.90. The minimum atomic E-state index is -3.83. The summed E-state index contributed by atoms with van der Waals surface area (Å²) in [6.45, 7) is 1.69. The van der Waals surface area contributed by atoms with Gasteiger partial charge in [0.1, 0.15) is 5.75 Å². The number of aliphatic hydroxyl groups is 1. The molecule has 1 amide bonds. The Kier molecular flexibility index (Phi) is 7.46. The summed E-state index contributed by atoms with van der Waals surface area (Å²) in [5.41, 5.74) is 1.65. The quantitative estimate of drug-likeness (QED) is 0.421. The number of carbonyl (C=O) groups is 1. The first kappa shape index (κ1) is 28.3. The number of hydrogen-bond donors (Lipinski definition) is 2. The van der Waals surface area contributed by atoms with E-state index in [1.807, 2.05) is 12.1 Å². The molecular formula is C31H36ClN3O5S. The number of rotatable bonds is 0. The van der Waals surface area contributed by atoms with Crippen LogP contribution < -0.4 is 14.4 Å². The summed E-state index contributed by atoms with van der Waals surface area (Å²) in [4.78, 5) is 15.4. The fourth-order valence-electron chi connectivity index (χ4n) is 7.39. The molecule has 2 N–H and O–H groups in total. The van der Waals surface area contributed by atoms with Gasteiger partial charge in [-0.25, -0.2) is 13.1 Å². The van der Waals surface area contributed by atoms with E-state index in [9.17, 15) is 23.6 Å². The van der Waals surface area contributed by atoms with Gasteiger partial charge in [-0.05, 0) is 98.7 Å². The van der Waals surface area contributed by atoms with Gasteiger partial charge in [0.05, 0.1) is 24.1 Å². The summed E-state index contributed by atoms with van der Waals surface area (Å²) in [5, 5.41) is 22.2. The molecular weight excluding hydrogens is 562 g/mol. The van der Waals surface area contributed by atoms with Crippen LogP contribution in [0.5, 0.6) is 5.75 Å². The highest BCUT2D eigenvalue weighted by atomic mass is 35.5. The largest absolute Gasteiger partial charge is 0.490 e. The first-order valence-electron chi connectivity index (χ1n) is 14.6. The lowest BCUT2D eigenvalue weighted by atomic mass is 9.63. The van der Waals surface area contributed by atoms with E-state index in [4.69, 9.17) is 16.3 Å². The second kappa shape index (κ2) is 10.8. The van der Waals surface area contributed by atoms with Crippen molar-refractivity contribution in [1.82, 2.24) is 4.72 Å². The number of hydrogen-bond acceptors (Lipinski definition) is 7. The van der Waals surface area contributed by atoms with Crippen molar-refractivity contribution in [3.8, 4) is 11.8 Å². The highest BCUT2D eigenvalue weighted by Gasteiger charge is 2.49. The monoisotopic (exact) mass is 597 g/mol. The molecule has 218 valence electrons. The van der Waals surface area contributed by atoms with Gasteiger partial charge in [0.25, 0.3) is 5.91 Å². The van der Waals surface area contributed by atoms with Gasteiger partial charge in [-0.3, -0.25) is 4.79 Å². The van der Waals surface area contributed by atoms with Crippen molar-refractivity contribution in [3.63, 3.8) is 0 Å². The molecule has 1 fully saturated rings. The maximum absolute atomic E-state index is 13.1. The standard InChI is InChI=1S/C31H36ClN3O5S/c32-24-8-10-25-21(15-24)5-4-12-30(25)19-35-17-23-6-9-26(23)31(37,18-33)13-2-1-3-14-41(38,39)34-29(36)22-7-11-28(40-20-30)27(35)16-22/h7-8,10-11,15-16,23,26,37H,1-6,9,12-14,17,19-20H2,(H,34,36)/t23?,26?,30-,31?/m0/s1. The number of ether oxygens (including phenoxy) is 1. The molecule has 1 saturated carbocycles. The topological polar surface area (TPSA) is 120 Å². The van der Waals surface area contributed by atoms with Crippen molar-refractivity contribution in [2.24, 2.45) is 11.8 Å². The maximum atomic E-state index is 13.1. The number of fused-ring (bicyclic) bond motifs is 4. The Balaban J connectivity index is 1.43. The smallest absolute Gasteiger partial charge is 0.264 e. The van der Waals surface area contributed by atoms with Gasteiger partial charge in [0, 0.05) is 35.0 Å². The molecule has 2 aromatic carbocycles. The minimum absolute atomic E-state index is 0.0988. The van der Waals surface area contributed by atoms with Crippen molar-refractivity contribution in [1.29, 1.82) is 5.26 Å². The van der Waals surface area contributed by atoms with Crippen LogP contribution in [0.15, 0.2) is 36.4 Å². The van der Waals surface area contributed by atoms with Gasteiger partial charge in [0.15, 0.2) is 5.60 Å². The van der Waals surface area contributed by atoms with Gasteiger partial charge in [0.2, 0.25) is 10.0 Å². The molecule has 3 unspecified atom stereocenters. The molecule has 0 aromatic heterocycles. The number of halogens is 1. The molecule has 6 rings (SSSR count). The fourth-order valence-corrected chi connectivity index (χ4v) is 8.67. The van der Waals surface area contributed by atoms with E-state index in [-0.39, 0.29) is 28.6 Å². The lowest BCUT2D eigenvalue weighted by Gasteiger charge is -2.47. The van der Waals surface area contributed by atoms with Crippen LogP contribution in [0.4, 0.5) is 5.69 Å². The van der Waals surface area contributed by atoms with Crippen LogP contribution in [0.3, 0.4) is 0 Å². The minimum Gasteiger partial charge on any atom is -0.490 e. The molecule has 2 aliphatic carbocycles. The van der Waals surface area contributed by atoms with Crippen molar-refractivity contribution < 1.29 is 23.1 Å². The van der Waals surface area contributed by atoms with Crippen LogP contribution in [0.2, 0.25) is 5.02 Å². The SMILES string of the molecule is N#CC1(O)CCCCCS(=O)(=O)NC(=O)c2ccc3c(c2)N(CC2CCC21)C[C@@]1(CCCc2cc(Cl)ccc21)CO3. The lowest BCUT2D eigenvalue weighted by molar-refractivity contribution is -0.0458. The summed E-state index contributed by atoms with van der Waals surface area (Å²) in [6, 6.07) is 13.4. The van der Waals surface area contributed by atoms with E-state index in [1.54, 1.807) is 18.2 Å². The number of sulfonamides is 1. The number of anilines is 1. The van der Waals surface area contributed by atoms with Crippen molar-refractivity contribution >= 4 is 33.2 Å². The van der Waals surface area contributed by atoms with E-state index in [0.717, 1.165) is 37.8 Å². The third kappa shape index (κ3) is 5.42. The molecule has 41 heavy (non-hydrogen) atoms. The molecule has 2 aromatic rings. The zero-order valence-corrected chi connectivity index (χ0v) is 24.6. The molecule has 2 bridgehead atoms. The van der Waals surface area contributed by atoms with Crippen molar-refractivity contribution in [2.45, 2.75) is 68.8 Å². The Hall–Kier alpha value is -2.80. The molecule has 2 aliphatic heterocycles. The van der Waals surface area contributed by atoms with E-state index < -0.39 is 21.5 Å². The Morgan fingerprint density at radius 2 is 1.95 bits per heavy atom. The fraction of sp³-hybridized carbons (Fsp3) is 0.548. The van der Waals surface area contributed by atoms with Gasteiger partial charge < -0.3 is 14.7 Å². The molecule has 10 heteroatoms. The van der Waals surface area contributed by atoms with Crippen LogP contribution in [0, 0.1) is 23.2 Å². The molecule has 4 atom stereocenters. The first-order valence-corrected chi connectivity index (χ1v) is 16.6. The van der Waals surface area contributed by atoms with E-state index in [2.05, 4.69) is 21.8 Å². The summed E-state index contributed by atoms with van der Waals surface area (Å²) in [7, 11) is -3.83. The van der Waals surface area contributed by atoms with Crippen LogP contribution in [-0.2, 0) is 21.9 Å². The van der Waals surface area contributed by atoms with Crippen molar-refractivity contribution in [3.05, 3.63) is 58.1 Å². The normalized spacial score (nSPS) is 31.3. The Morgan fingerprint density at radius 1 is 1.10 bits per heavy atom. The molecule has 0 radical (unpaired) electrons. The average molecular weight is 598 g/mol. The Morgan fingerprint density at radius 3 is 2.73 bits per heavy atom. The predicted octanol–water partition coefficient (Wildman–Crippen LogP) is 4.73. The van der Waals surface area contributed by atoms with Crippen LogP contribution >= 0.6 is 11.6 Å². The third-order valence-electron chi connectivity index (χ3n) is 9.70. The van der Waals surface area contributed by atoms with E-state index >= 15 is 0 Å². The zero-order chi connectivity index (χ0) is 28.8. The number of amides is 1. The number of nitrogens with one attached hydrogen (secondary N) is 1. The molecule has 0 saturated heterocycles. The highest BCUT2D eigenvalue weighted by Crippen LogP contribution is 2.48. The molecule has 2 heterocycles. The first-order chi connectivity index (χ1) is 19.6. The average Bonchev–Trinajstić information content (AvgIpc) is 3.07. The van der Waals surface area contributed by atoms with Gasteiger partial charge in [-0.1, -0.05) is 24.1 Å².